The number of nitrogens with one attached hydrogen (secondary N) is 2. The van der Waals surface area contributed by atoms with Crippen LogP contribution in [0.2, 0.25) is 0 Å². The van der Waals surface area contributed by atoms with Crippen molar-refractivity contribution < 1.29 is 4.79 Å². The minimum atomic E-state index is -0.243. The number of aromatic nitrogens is 4. The van der Waals surface area contributed by atoms with E-state index in [-0.39, 0.29) is 11.2 Å². The highest BCUT2D eigenvalue weighted by Gasteiger charge is 2.22. The van der Waals surface area contributed by atoms with Gasteiger partial charge in [-0.1, -0.05) is 49.0 Å². The average Bonchev–Trinajstić information content (AvgIpc) is 3.19. The number of fused-ring (bicyclic) bond motifs is 3. The topological polar surface area (TPSA) is 75.1 Å². The molecule has 0 bridgehead atoms. The number of para-hydroxylation sites is 3. The number of benzene rings is 2. The number of hydrogen-bond acceptors (Lipinski definition) is 4. The molecule has 2 heterocycles. The summed E-state index contributed by atoms with van der Waals surface area (Å²) in [5.41, 5.74) is 2.68. The van der Waals surface area contributed by atoms with Crippen LogP contribution in [-0.2, 0) is 4.79 Å². The quantitative estimate of drug-likeness (QED) is 0.537. The van der Waals surface area contributed by atoms with Crippen LogP contribution in [0, 0.1) is 0 Å². The second-order valence-electron chi connectivity index (χ2n) is 5.64. The highest BCUT2D eigenvalue weighted by Crippen LogP contribution is 2.28. The van der Waals surface area contributed by atoms with Gasteiger partial charge in [0.1, 0.15) is 0 Å². The predicted molar refractivity (Wildman–Crippen MR) is 99.9 cm³/mol. The smallest absolute Gasteiger partial charge is 0.237 e. The van der Waals surface area contributed by atoms with Crippen LogP contribution in [0.5, 0.6) is 0 Å². The van der Waals surface area contributed by atoms with Gasteiger partial charge in [0.05, 0.1) is 16.3 Å². The number of thioether (sulfide) groups is 1. The van der Waals surface area contributed by atoms with Crippen LogP contribution in [0.1, 0.15) is 13.3 Å². The van der Waals surface area contributed by atoms with Crippen molar-refractivity contribution in [1.82, 2.24) is 19.6 Å². The first kappa shape index (κ1) is 15.7. The molecule has 0 fully saturated rings. The number of amides is 1. The second kappa shape index (κ2) is 6.60. The summed E-state index contributed by atoms with van der Waals surface area (Å²) in [7, 11) is 0. The molecule has 1 amide bonds. The van der Waals surface area contributed by atoms with Crippen LogP contribution < -0.4 is 5.32 Å². The van der Waals surface area contributed by atoms with Gasteiger partial charge in [-0.2, -0.15) is 0 Å². The number of imidazole rings is 1. The molecule has 0 aliphatic heterocycles. The van der Waals surface area contributed by atoms with Crippen molar-refractivity contribution in [3.05, 3.63) is 54.6 Å². The van der Waals surface area contributed by atoms with Gasteiger partial charge in [-0.3, -0.25) is 9.20 Å². The summed E-state index contributed by atoms with van der Waals surface area (Å²) in [5, 5.41) is 10.7. The maximum absolute atomic E-state index is 12.6. The van der Waals surface area contributed by atoms with Gasteiger partial charge >= 0.3 is 0 Å². The third kappa shape index (κ3) is 2.98. The number of anilines is 1. The van der Waals surface area contributed by atoms with E-state index < -0.39 is 0 Å². The summed E-state index contributed by atoms with van der Waals surface area (Å²) in [6.45, 7) is 2.00. The lowest BCUT2D eigenvalue weighted by Crippen LogP contribution is -2.24. The van der Waals surface area contributed by atoms with Gasteiger partial charge in [0, 0.05) is 5.69 Å². The molecule has 1 atom stereocenters. The predicted octanol–water partition coefficient (Wildman–Crippen LogP) is 3.72. The standard InChI is InChI=1S/C18H17N5OS/c1-2-15(16(24)19-12-8-4-3-5-9-12)25-18-22-21-17-20-13-10-6-7-11-14(13)23(17)18/h3-11,15H,2H2,1H3,(H,19,24)(H,20,21). The molecule has 6 nitrogen and oxygen atoms in total. The molecule has 0 radical (unpaired) electrons. The minimum absolute atomic E-state index is 0.0285. The van der Waals surface area contributed by atoms with Crippen molar-refractivity contribution in [1.29, 1.82) is 0 Å². The Morgan fingerprint density at radius 2 is 1.96 bits per heavy atom. The minimum Gasteiger partial charge on any atom is -0.325 e. The third-order valence-corrected chi connectivity index (χ3v) is 5.27. The lowest BCUT2D eigenvalue weighted by atomic mass is 10.3. The highest BCUT2D eigenvalue weighted by atomic mass is 32.2. The molecule has 4 aromatic rings. The Labute approximate surface area is 148 Å². The van der Waals surface area contributed by atoms with Crippen LogP contribution >= 0.6 is 11.8 Å². The number of hydrogen-bond donors (Lipinski definition) is 2. The lowest BCUT2D eigenvalue weighted by molar-refractivity contribution is -0.115. The van der Waals surface area contributed by atoms with E-state index in [4.69, 9.17) is 0 Å². The van der Waals surface area contributed by atoms with E-state index in [1.165, 1.54) is 11.8 Å². The monoisotopic (exact) mass is 351 g/mol. The largest absolute Gasteiger partial charge is 0.325 e. The molecular formula is C18H17N5OS. The van der Waals surface area contributed by atoms with Crippen molar-refractivity contribution in [2.75, 3.05) is 5.32 Å². The second-order valence-corrected chi connectivity index (χ2v) is 6.81. The Morgan fingerprint density at radius 3 is 2.76 bits per heavy atom. The van der Waals surface area contributed by atoms with E-state index in [0.717, 1.165) is 21.9 Å². The molecule has 0 saturated carbocycles. The van der Waals surface area contributed by atoms with E-state index in [9.17, 15) is 4.79 Å². The molecule has 0 aliphatic carbocycles. The van der Waals surface area contributed by atoms with Crippen molar-refractivity contribution in [3.63, 3.8) is 0 Å². The van der Waals surface area contributed by atoms with Gasteiger partial charge in [-0.15, -0.1) is 5.10 Å². The number of aromatic amines is 1. The van der Waals surface area contributed by atoms with Crippen molar-refractivity contribution in [2.24, 2.45) is 0 Å². The molecule has 0 spiro atoms. The van der Waals surface area contributed by atoms with E-state index in [1.54, 1.807) is 0 Å². The molecule has 0 saturated heterocycles. The normalized spacial score (nSPS) is 12.5. The molecule has 4 rings (SSSR count). The molecule has 2 aromatic heterocycles. The van der Waals surface area contributed by atoms with Gasteiger partial charge < -0.3 is 5.32 Å². The molecule has 1 unspecified atom stereocenters. The van der Waals surface area contributed by atoms with Gasteiger partial charge in [0.15, 0.2) is 5.16 Å². The van der Waals surface area contributed by atoms with Crippen LogP contribution in [0.25, 0.3) is 16.8 Å². The first-order valence-electron chi connectivity index (χ1n) is 8.10. The van der Waals surface area contributed by atoms with Crippen LogP contribution in [0.3, 0.4) is 0 Å². The van der Waals surface area contributed by atoms with E-state index in [0.29, 0.717) is 12.2 Å². The van der Waals surface area contributed by atoms with Gasteiger partial charge in [-0.05, 0) is 30.7 Å². The van der Waals surface area contributed by atoms with Crippen molar-refractivity contribution >= 4 is 40.2 Å². The zero-order chi connectivity index (χ0) is 17.2. The Balaban J connectivity index is 1.61. The van der Waals surface area contributed by atoms with Crippen LogP contribution in [0.15, 0.2) is 59.8 Å². The molecular weight excluding hydrogens is 334 g/mol. The first-order valence-corrected chi connectivity index (χ1v) is 8.98. The average molecular weight is 351 g/mol. The SMILES string of the molecule is CCC(Sc1n[nH]c2nc3ccccc3n12)C(=O)Nc1ccccc1. The van der Waals surface area contributed by atoms with Crippen LogP contribution in [-0.4, -0.2) is 30.7 Å². The summed E-state index contributed by atoms with van der Waals surface area (Å²) in [6, 6.07) is 17.4. The van der Waals surface area contributed by atoms with Gasteiger partial charge in [0.2, 0.25) is 11.7 Å². The number of carbonyl (C=O) groups excluding carboxylic acids is 1. The molecule has 7 heteroatoms. The Kier molecular flexibility index (Phi) is 4.15. The fraction of sp³-hybridized carbons (Fsp3) is 0.167. The molecule has 25 heavy (non-hydrogen) atoms. The van der Waals surface area contributed by atoms with E-state index in [2.05, 4.69) is 20.5 Å². The summed E-state index contributed by atoms with van der Waals surface area (Å²) >= 11 is 1.44. The third-order valence-electron chi connectivity index (χ3n) is 3.96. The maximum Gasteiger partial charge on any atom is 0.237 e. The Morgan fingerprint density at radius 1 is 1.20 bits per heavy atom. The zero-order valence-corrected chi connectivity index (χ0v) is 14.5. The lowest BCUT2D eigenvalue weighted by Gasteiger charge is -2.13. The maximum atomic E-state index is 12.6. The summed E-state index contributed by atoms with van der Waals surface area (Å²) in [5.74, 6) is 0.654. The molecule has 2 aromatic carbocycles. The number of H-pyrrole nitrogens is 1. The van der Waals surface area contributed by atoms with Crippen molar-refractivity contribution in [2.45, 2.75) is 23.8 Å². The van der Waals surface area contributed by atoms with E-state index >= 15 is 0 Å². The fourth-order valence-electron chi connectivity index (χ4n) is 2.72. The fourth-order valence-corrected chi connectivity index (χ4v) is 3.69. The summed E-state index contributed by atoms with van der Waals surface area (Å²) in [4.78, 5) is 17.1. The number of rotatable bonds is 5. The number of carbonyl (C=O) groups is 1. The molecule has 2 N–H and O–H groups in total. The zero-order valence-electron chi connectivity index (χ0n) is 13.6. The first-order chi connectivity index (χ1) is 12.3. The van der Waals surface area contributed by atoms with Gasteiger partial charge in [0.25, 0.3) is 0 Å². The van der Waals surface area contributed by atoms with Crippen LogP contribution in [0.4, 0.5) is 5.69 Å². The number of nitrogens with zero attached hydrogens (tertiary/aromatic N) is 3. The van der Waals surface area contributed by atoms with Crippen molar-refractivity contribution in [3.8, 4) is 0 Å². The molecule has 0 aliphatic rings. The summed E-state index contributed by atoms with van der Waals surface area (Å²) in [6.07, 6.45) is 0.699. The highest BCUT2D eigenvalue weighted by molar-refractivity contribution is 8.00. The molecule has 126 valence electrons. The Bertz CT molecular complexity index is 1020. The Hall–Kier alpha value is -2.80. The van der Waals surface area contributed by atoms with Gasteiger partial charge in [-0.25, -0.2) is 10.1 Å². The van der Waals surface area contributed by atoms with E-state index in [1.807, 2.05) is 65.9 Å². The summed E-state index contributed by atoms with van der Waals surface area (Å²) < 4.78 is 1.96.